The van der Waals surface area contributed by atoms with E-state index in [9.17, 15) is 38.0 Å². The first kappa shape index (κ1) is 77.8. The van der Waals surface area contributed by atoms with Gasteiger partial charge in [-0.2, -0.15) is 0 Å². The Hall–Kier alpha value is -7.81. The van der Waals surface area contributed by atoms with Crippen molar-refractivity contribution in [3.8, 4) is 21.9 Å². The molecule has 4 aliphatic heterocycles. The molecule has 106 heavy (non-hydrogen) atoms. The van der Waals surface area contributed by atoms with Crippen LogP contribution in [0.5, 0.6) is 11.5 Å². The molecule has 0 bridgehead atoms. The maximum atomic E-state index is 14.3. The first-order chi connectivity index (χ1) is 50.8. The molecule has 0 radical (unpaired) electrons. The van der Waals surface area contributed by atoms with E-state index in [4.69, 9.17) is 16.3 Å². The van der Waals surface area contributed by atoms with Gasteiger partial charge in [-0.3, -0.25) is 29.4 Å². The van der Waals surface area contributed by atoms with Gasteiger partial charge in [0, 0.05) is 92.7 Å². The van der Waals surface area contributed by atoms with E-state index in [1.807, 2.05) is 82.6 Å². The lowest BCUT2D eigenvalue weighted by Crippen LogP contribution is -2.56. The number of piperazine rings is 1. The average molecular weight is 1510 g/mol. The van der Waals surface area contributed by atoms with Crippen LogP contribution in [0.2, 0.25) is 5.02 Å². The number of H-pyrrole nitrogens is 1. The lowest BCUT2D eigenvalue weighted by molar-refractivity contribution is -0.384. The van der Waals surface area contributed by atoms with Crippen LogP contribution in [0.4, 0.5) is 17.1 Å². The summed E-state index contributed by atoms with van der Waals surface area (Å²) < 4.78 is 36.8. The summed E-state index contributed by atoms with van der Waals surface area (Å²) in [6.07, 6.45) is 16.6. The van der Waals surface area contributed by atoms with Crippen LogP contribution in [-0.2, 0) is 19.6 Å². The van der Waals surface area contributed by atoms with Gasteiger partial charge >= 0.3 is 0 Å². The molecule has 22 nitrogen and oxygen atoms in total. The van der Waals surface area contributed by atoms with E-state index in [2.05, 4.69) is 81.2 Å². The molecule has 4 fully saturated rings. The van der Waals surface area contributed by atoms with Crippen molar-refractivity contribution in [2.45, 2.75) is 174 Å². The van der Waals surface area contributed by atoms with Gasteiger partial charge in [-0.05, 0) is 198 Å². The molecule has 25 heteroatoms. The summed E-state index contributed by atoms with van der Waals surface area (Å²) in [6.45, 7) is 25.1. The predicted molar refractivity (Wildman–Crippen MR) is 421 cm³/mol. The number of nitro benzene ring substituents is 1. The number of aliphatic hydroxyl groups excluding tert-OH is 1. The number of benzene rings is 4. The number of piperidine rings is 2. The Labute approximate surface area is 633 Å². The zero-order valence-corrected chi connectivity index (χ0v) is 64.9. The second-order valence-corrected chi connectivity index (χ2v) is 34.7. The number of allylic oxidation sites excluding steroid dienone is 1. The minimum absolute atomic E-state index is 0.0411. The first-order valence-corrected chi connectivity index (χ1v) is 40.8. The minimum atomic E-state index is -4.62. The maximum absolute atomic E-state index is 14.3. The lowest BCUT2D eigenvalue weighted by atomic mass is 9.72. The number of thiazole rings is 1. The number of halogens is 1. The zero-order valence-electron chi connectivity index (χ0n) is 62.5. The van der Waals surface area contributed by atoms with Crippen molar-refractivity contribution in [2.75, 3.05) is 95.3 Å². The number of ether oxygens (including phenoxy) is 1. The third kappa shape index (κ3) is 19.7. The Morgan fingerprint density at radius 3 is 2.27 bits per heavy atom. The third-order valence-electron chi connectivity index (χ3n) is 22.4. The molecule has 568 valence electrons. The Bertz CT molecular complexity index is 4350. The van der Waals surface area contributed by atoms with Gasteiger partial charge in [-0.15, -0.1) is 11.3 Å². The number of aromatic nitrogens is 3. The van der Waals surface area contributed by atoms with E-state index in [1.165, 1.54) is 41.5 Å². The van der Waals surface area contributed by atoms with Gasteiger partial charge in [0.2, 0.25) is 11.8 Å². The maximum Gasteiger partial charge on any atom is 0.293 e. The number of likely N-dealkylation sites (tertiary alicyclic amines) is 3. The van der Waals surface area contributed by atoms with Crippen molar-refractivity contribution >= 4 is 84.4 Å². The Balaban J connectivity index is 0.556. The van der Waals surface area contributed by atoms with Crippen LogP contribution >= 0.6 is 22.9 Å². The van der Waals surface area contributed by atoms with Crippen LogP contribution < -0.4 is 30.3 Å². The number of rotatable bonds is 29. The van der Waals surface area contributed by atoms with Gasteiger partial charge in [0.25, 0.3) is 21.6 Å². The fourth-order valence-corrected chi connectivity index (χ4v) is 17.9. The largest absolute Gasteiger partial charge is 0.455 e. The highest BCUT2D eigenvalue weighted by atomic mass is 35.5. The van der Waals surface area contributed by atoms with Crippen LogP contribution in [0.15, 0.2) is 125 Å². The van der Waals surface area contributed by atoms with Crippen molar-refractivity contribution in [1.82, 2.24) is 49.9 Å². The normalized spacial score (nSPS) is 19.5. The summed E-state index contributed by atoms with van der Waals surface area (Å²) >= 11 is 7.89. The number of nitrogens with zero attached hydrogens (tertiary/aromatic N) is 8. The number of amides is 3. The van der Waals surface area contributed by atoms with Gasteiger partial charge < -0.3 is 50.4 Å². The number of carbonyl (C=O) groups excluding carboxylic acids is 3. The van der Waals surface area contributed by atoms with E-state index >= 15 is 0 Å². The molecule has 3 aromatic heterocycles. The number of anilines is 2. The van der Waals surface area contributed by atoms with E-state index in [-0.39, 0.29) is 59.2 Å². The molecule has 0 spiro atoms. The van der Waals surface area contributed by atoms with Gasteiger partial charge in [0.15, 0.2) is 0 Å². The van der Waals surface area contributed by atoms with E-state index in [0.29, 0.717) is 43.6 Å². The number of aromatic amines is 1. The molecule has 4 atom stereocenters. The molecule has 4 saturated heterocycles. The van der Waals surface area contributed by atoms with Crippen molar-refractivity contribution in [3.05, 3.63) is 158 Å². The highest BCUT2D eigenvalue weighted by Gasteiger charge is 2.44. The molecule has 0 saturated carbocycles. The lowest BCUT2D eigenvalue weighted by Gasteiger charge is -2.42. The predicted octanol–water partition coefficient (Wildman–Crippen LogP) is 14.0. The van der Waals surface area contributed by atoms with Gasteiger partial charge in [0.1, 0.15) is 28.9 Å². The van der Waals surface area contributed by atoms with Crippen LogP contribution in [0, 0.1) is 33.8 Å². The Morgan fingerprint density at radius 2 is 1.57 bits per heavy atom. The highest BCUT2D eigenvalue weighted by Crippen LogP contribution is 2.44. The van der Waals surface area contributed by atoms with Crippen LogP contribution in [0.25, 0.3) is 27.0 Å². The number of aliphatic hydroxyl groups is 1. The fourth-order valence-electron chi connectivity index (χ4n) is 16.0. The second kappa shape index (κ2) is 34.6. The number of nitro groups is 1. The van der Waals surface area contributed by atoms with Crippen LogP contribution in [-0.4, -0.2) is 180 Å². The van der Waals surface area contributed by atoms with E-state index in [0.717, 1.165) is 173 Å². The molecular formula is C81H106ClN13O9S2. The number of pyridine rings is 1. The summed E-state index contributed by atoms with van der Waals surface area (Å²) in [6, 6.07) is 27.7. The summed E-state index contributed by atoms with van der Waals surface area (Å²) in [4.78, 5) is 78.5. The molecular weight excluding hydrogens is 1400 g/mol. The summed E-state index contributed by atoms with van der Waals surface area (Å²) in [5.41, 5.74) is 9.98. The minimum Gasteiger partial charge on any atom is -0.455 e. The number of carbonyl (C=O) groups is 3. The summed E-state index contributed by atoms with van der Waals surface area (Å²) in [5.74, 6) is -0.621. The number of nitrogens with one attached hydrogen (secondary N) is 5. The number of sulfonamides is 1. The second-order valence-electron chi connectivity index (χ2n) is 31.8. The van der Waals surface area contributed by atoms with Gasteiger partial charge in [0.05, 0.1) is 55.8 Å². The number of aryl methyl sites for hydroxylation is 1. The van der Waals surface area contributed by atoms with Crippen LogP contribution in [0.3, 0.4) is 0 Å². The molecule has 12 rings (SSSR count). The molecule has 3 amide bonds. The average Bonchev–Trinajstić information content (AvgIpc) is 1.37. The fraction of sp³-hybridized carbons (Fsp3) is 0.519. The Morgan fingerprint density at radius 1 is 0.849 bits per heavy atom. The van der Waals surface area contributed by atoms with E-state index in [1.54, 1.807) is 46.7 Å². The standard InChI is InChI=1S/C81H106ClN13O9S2/c1-54(57-14-16-59(17-15-57)74-55(2)87-53-105-74)88-78(98)72-46-65(96)52-94(72)79(99)75(80(3,4)5)83-33-12-10-8-9-11-13-35-90-36-30-63(31-37-90)92-38-28-56(29-39-92)49-85-70-25-23-67(47-71(70)95(100)101)106(102,103)89-77(97)68-24-22-64(45-73(68)104-66-44-60-27-34-84-76(60)86-50-66)93-42-40-91(41-43-93)51-61-26-32-81(6,7)48-69(61)58-18-20-62(82)21-19-58/h14-25,27,34,44-45,47,50,53-54,56,63,65,72,75,83,85,96H,8-13,26,28-33,35-43,46,48-49,51-52H2,1-7H3,(H,84,86)(H,88,98)(H,89,97)/t54-,65+,72-,75+/m0/s1. The smallest absolute Gasteiger partial charge is 0.293 e. The van der Waals surface area contributed by atoms with E-state index < -0.39 is 55.0 Å². The molecule has 6 N–H and O–H groups in total. The summed E-state index contributed by atoms with van der Waals surface area (Å²) in [7, 11) is -4.62. The number of fused-ring (bicyclic) bond motifs is 1. The number of hydrogen-bond acceptors (Lipinski definition) is 18. The molecule has 7 heterocycles. The Kier molecular flexibility index (Phi) is 25.4. The number of unbranched alkanes of at least 4 members (excludes halogenated alkanes) is 5. The van der Waals surface area contributed by atoms with Gasteiger partial charge in [-0.25, -0.2) is 23.1 Å². The monoisotopic (exact) mass is 1500 g/mol. The SMILES string of the molecule is Cc1ncsc1-c1ccc([C@H](C)NC(=O)[C@@H]2C[C@@H](O)CN2C(=O)[C@@H](NCCCCCCCCN2CCC(N3CCC(CNc4ccc(S(=O)(=O)NC(=O)c5ccc(N6CCN(CC7=C(c8ccc(Cl)cc8)CC(C)(C)CC7)CC6)cc5Oc5cnc6[nH]ccc6c5)cc4[N+](=O)[O-])CC3)CC2)C(C)(C)C)cc1. The molecule has 4 aromatic carbocycles. The quantitative estimate of drug-likeness (QED) is 0.0145. The number of hydrogen-bond donors (Lipinski definition) is 6. The van der Waals surface area contributed by atoms with Crippen molar-refractivity contribution in [1.29, 1.82) is 0 Å². The molecule has 7 aromatic rings. The molecule has 5 aliphatic rings. The highest BCUT2D eigenvalue weighted by molar-refractivity contribution is 7.90. The summed E-state index contributed by atoms with van der Waals surface area (Å²) in [5, 5.41) is 34.8. The molecule has 0 unspecified atom stereocenters. The topological polar surface area (TPSA) is 264 Å². The molecule has 1 aliphatic carbocycles. The third-order valence-corrected chi connectivity index (χ3v) is 24.9. The van der Waals surface area contributed by atoms with Gasteiger partial charge in [-0.1, -0.05) is 114 Å². The van der Waals surface area contributed by atoms with Crippen molar-refractivity contribution < 1.29 is 37.6 Å². The van der Waals surface area contributed by atoms with Crippen molar-refractivity contribution in [3.63, 3.8) is 0 Å². The van der Waals surface area contributed by atoms with Crippen LogP contribution in [0.1, 0.15) is 165 Å². The number of β-amino-alcohol motifs (C(OH)–C–C–N with tert-alkyl or cyclic N) is 1. The zero-order chi connectivity index (χ0) is 74.9. The first-order valence-electron chi connectivity index (χ1n) is 38.1. The van der Waals surface area contributed by atoms with Crippen molar-refractivity contribution in [2.24, 2.45) is 16.7 Å².